The van der Waals surface area contributed by atoms with Crippen molar-refractivity contribution in [1.82, 2.24) is 9.78 Å². The molecule has 1 aromatic carbocycles. The maximum atomic E-state index is 13.0. The Balaban J connectivity index is 2.35. The Morgan fingerprint density at radius 2 is 2.04 bits per heavy atom. The van der Waals surface area contributed by atoms with E-state index in [9.17, 15) is 18.0 Å². The highest BCUT2D eigenvalue weighted by Crippen LogP contribution is 2.37. The molecular formula is C17H20F3N3O3. The van der Waals surface area contributed by atoms with Crippen molar-refractivity contribution in [2.24, 2.45) is 0 Å². The van der Waals surface area contributed by atoms with Crippen molar-refractivity contribution in [3.8, 4) is 11.6 Å². The number of alkyl halides is 3. The lowest BCUT2D eigenvalue weighted by Gasteiger charge is -2.12. The molecule has 0 atom stereocenters. The molecule has 0 saturated carbocycles. The van der Waals surface area contributed by atoms with Gasteiger partial charge in [0.15, 0.2) is 0 Å². The van der Waals surface area contributed by atoms with Crippen LogP contribution >= 0.6 is 0 Å². The number of aromatic nitrogens is 2. The number of carbonyl (C=O) groups is 1. The minimum atomic E-state index is -4.62. The quantitative estimate of drug-likeness (QED) is 0.581. The summed E-state index contributed by atoms with van der Waals surface area (Å²) in [6.07, 6.45) is -1.42. The number of carbonyl (C=O) groups excluding carboxylic acids is 1. The van der Waals surface area contributed by atoms with Gasteiger partial charge in [-0.2, -0.15) is 13.2 Å². The van der Waals surface area contributed by atoms with Crippen LogP contribution in [0.1, 0.15) is 42.6 Å². The zero-order valence-corrected chi connectivity index (χ0v) is 14.5. The van der Waals surface area contributed by atoms with E-state index in [2.05, 4.69) is 5.10 Å². The van der Waals surface area contributed by atoms with Crippen molar-refractivity contribution < 1.29 is 27.4 Å². The summed E-state index contributed by atoms with van der Waals surface area (Å²) in [5.74, 6) is -0.896. The standard InChI is InChI=1S/C17H20F3N3O3/c1-3-5-8-23-10-12(16(24)25-4-2)15(22-23)26-11-6-7-14(21)13(9-11)17(18,19)20/h6-7,9-10H,3-5,8,21H2,1-2H3. The minimum absolute atomic E-state index is 0.0494. The van der Waals surface area contributed by atoms with E-state index >= 15 is 0 Å². The van der Waals surface area contributed by atoms with E-state index in [4.69, 9.17) is 15.2 Å². The van der Waals surface area contributed by atoms with Crippen molar-refractivity contribution in [2.75, 3.05) is 12.3 Å². The summed E-state index contributed by atoms with van der Waals surface area (Å²) in [7, 11) is 0. The zero-order chi connectivity index (χ0) is 19.3. The molecule has 26 heavy (non-hydrogen) atoms. The third-order valence-electron chi connectivity index (χ3n) is 3.51. The molecule has 1 aromatic heterocycles. The second kappa shape index (κ2) is 8.11. The van der Waals surface area contributed by atoms with Crippen molar-refractivity contribution in [1.29, 1.82) is 0 Å². The molecule has 0 amide bonds. The average Bonchev–Trinajstić information content (AvgIpc) is 2.97. The van der Waals surface area contributed by atoms with E-state index in [1.54, 1.807) is 6.92 Å². The van der Waals surface area contributed by atoms with Crippen molar-refractivity contribution in [2.45, 2.75) is 39.4 Å². The van der Waals surface area contributed by atoms with Gasteiger partial charge < -0.3 is 15.2 Å². The Hall–Kier alpha value is -2.71. The summed E-state index contributed by atoms with van der Waals surface area (Å²) >= 11 is 0. The van der Waals surface area contributed by atoms with Crippen LogP contribution in [0, 0.1) is 0 Å². The molecular weight excluding hydrogens is 351 g/mol. The van der Waals surface area contributed by atoms with E-state index in [1.165, 1.54) is 16.9 Å². The summed E-state index contributed by atoms with van der Waals surface area (Å²) in [5, 5.41) is 4.14. The highest BCUT2D eigenvalue weighted by Gasteiger charge is 2.33. The molecule has 142 valence electrons. The molecule has 1 heterocycles. The summed E-state index contributed by atoms with van der Waals surface area (Å²) in [6, 6.07) is 3.15. The normalized spacial score (nSPS) is 11.4. The lowest BCUT2D eigenvalue weighted by molar-refractivity contribution is -0.137. The first-order valence-electron chi connectivity index (χ1n) is 8.15. The van der Waals surface area contributed by atoms with Gasteiger partial charge in [0.25, 0.3) is 5.88 Å². The van der Waals surface area contributed by atoms with Crippen LogP contribution in [0.25, 0.3) is 0 Å². The number of esters is 1. The van der Waals surface area contributed by atoms with E-state index in [1.807, 2.05) is 6.92 Å². The number of hydrogen-bond acceptors (Lipinski definition) is 5. The lowest BCUT2D eigenvalue weighted by atomic mass is 10.1. The molecule has 2 rings (SSSR count). The van der Waals surface area contributed by atoms with Crippen LogP contribution < -0.4 is 10.5 Å². The molecule has 6 nitrogen and oxygen atoms in total. The number of ether oxygens (including phenoxy) is 2. The maximum absolute atomic E-state index is 13.0. The van der Waals surface area contributed by atoms with E-state index < -0.39 is 23.4 Å². The van der Waals surface area contributed by atoms with Crippen LogP contribution in [0.15, 0.2) is 24.4 Å². The summed E-state index contributed by atoms with van der Waals surface area (Å²) < 4.78 is 50.9. The van der Waals surface area contributed by atoms with Crippen LogP contribution in [-0.4, -0.2) is 22.4 Å². The highest BCUT2D eigenvalue weighted by molar-refractivity contribution is 5.91. The van der Waals surface area contributed by atoms with Crippen LogP contribution in [-0.2, 0) is 17.5 Å². The Labute approximate surface area is 148 Å². The number of unbranched alkanes of at least 4 members (excludes halogenated alkanes) is 1. The molecule has 0 saturated heterocycles. The summed E-state index contributed by atoms with van der Waals surface area (Å²) in [4.78, 5) is 12.1. The van der Waals surface area contributed by atoms with Gasteiger partial charge in [-0.25, -0.2) is 4.79 Å². The molecule has 0 radical (unpaired) electrons. The van der Waals surface area contributed by atoms with Gasteiger partial charge in [-0.05, 0) is 31.5 Å². The summed E-state index contributed by atoms with van der Waals surface area (Å²) in [6.45, 7) is 4.34. The number of anilines is 1. The largest absolute Gasteiger partial charge is 0.462 e. The van der Waals surface area contributed by atoms with Gasteiger partial charge in [-0.15, -0.1) is 5.10 Å². The molecule has 0 unspecified atom stereocenters. The lowest BCUT2D eigenvalue weighted by Crippen LogP contribution is -2.09. The summed E-state index contributed by atoms with van der Waals surface area (Å²) in [5.41, 5.74) is 4.00. The van der Waals surface area contributed by atoms with Gasteiger partial charge in [-0.3, -0.25) is 4.68 Å². The van der Waals surface area contributed by atoms with E-state index in [-0.39, 0.29) is 23.8 Å². The van der Waals surface area contributed by atoms with Gasteiger partial charge in [0.05, 0.1) is 12.2 Å². The van der Waals surface area contributed by atoms with Crippen LogP contribution in [0.3, 0.4) is 0 Å². The molecule has 2 N–H and O–H groups in total. The number of rotatable bonds is 7. The van der Waals surface area contributed by atoms with Gasteiger partial charge in [0, 0.05) is 18.4 Å². The predicted molar refractivity (Wildman–Crippen MR) is 89.0 cm³/mol. The SMILES string of the molecule is CCCCn1cc(C(=O)OCC)c(Oc2ccc(N)c(C(F)(F)F)c2)n1. The van der Waals surface area contributed by atoms with Crippen LogP contribution in [0.4, 0.5) is 18.9 Å². The Morgan fingerprint density at radius 3 is 2.65 bits per heavy atom. The van der Waals surface area contributed by atoms with Crippen LogP contribution in [0.5, 0.6) is 11.6 Å². The third-order valence-corrected chi connectivity index (χ3v) is 3.51. The van der Waals surface area contributed by atoms with Gasteiger partial charge in [0.2, 0.25) is 0 Å². The third kappa shape index (κ3) is 4.68. The molecule has 0 aliphatic heterocycles. The average molecular weight is 371 g/mol. The molecule has 9 heteroatoms. The molecule has 2 aromatic rings. The number of benzene rings is 1. The Morgan fingerprint density at radius 1 is 1.31 bits per heavy atom. The van der Waals surface area contributed by atoms with E-state index in [0.29, 0.717) is 6.54 Å². The number of hydrogen-bond donors (Lipinski definition) is 1. The fourth-order valence-corrected chi connectivity index (χ4v) is 2.22. The Kier molecular flexibility index (Phi) is 6.12. The minimum Gasteiger partial charge on any atom is -0.462 e. The number of aryl methyl sites for hydroxylation is 1. The van der Waals surface area contributed by atoms with E-state index in [0.717, 1.165) is 25.0 Å². The topological polar surface area (TPSA) is 79.4 Å². The predicted octanol–water partition coefficient (Wildman–Crippen LogP) is 4.25. The van der Waals surface area contributed by atoms with Gasteiger partial charge in [-0.1, -0.05) is 13.3 Å². The highest BCUT2D eigenvalue weighted by atomic mass is 19.4. The number of nitrogens with two attached hydrogens (primary N) is 1. The molecule has 0 spiro atoms. The molecule has 0 aliphatic rings. The maximum Gasteiger partial charge on any atom is 0.418 e. The second-order valence-electron chi connectivity index (χ2n) is 5.53. The molecule has 0 bridgehead atoms. The first-order valence-corrected chi connectivity index (χ1v) is 8.15. The fourth-order valence-electron chi connectivity index (χ4n) is 2.22. The number of nitrogens with zero attached hydrogens (tertiary/aromatic N) is 2. The van der Waals surface area contributed by atoms with Crippen LogP contribution in [0.2, 0.25) is 0 Å². The van der Waals surface area contributed by atoms with Gasteiger partial charge in [0.1, 0.15) is 11.3 Å². The van der Waals surface area contributed by atoms with Crippen molar-refractivity contribution >= 4 is 11.7 Å². The smallest absolute Gasteiger partial charge is 0.418 e. The van der Waals surface area contributed by atoms with Gasteiger partial charge >= 0.3 is 12.1 Å². The Bertz CT molecular complexity index is 772. The first-order chi connectivity index (χ1) is 12.3. The number of nitrogen functional groups attached to an aromatic ring is 1. The monoisotopic (exact) mass is 371 g/mol. The van der Waals surface area contributed by atoms with Crippen molar-refractivity contribution in [3.05, 3.63) is 35.5 Å². The molecule has 0 fully saturated rings. The first kappa shape index (κ1) is 19.6. The molecule has 0 aliphatic carbocycles. The number of halogens is 3. The zero-order valence-electron chi connectivity index (χ0n) is 14.5. The second-order valence-corrected chi connectivity index (χ2v) is 5.53. The fraction of sp³-hybridized carbons (Fsp3) is 0.412. The van der Waals surface area contributed by atoms with Crippen molar-refractivity contribution in [3.63, 3.8) is 0 Å².